The molecular formula is C54H48N4O2. The van der Waals surface area contributed by atoms with Crippen LogP contribution in [0.25, 0.3) is 54.6 Å². The number of furan rings is 2. The second kappa shape index (κ2) is 15.1. The fourth-order valence-electron chi connectivity index (χ4n) is 8.52. The minimum absolute atomic E-state index is 0.453. The smallest absolute Gasteiger partial charge is 0.137 e. The van der Waals surface area contributed by atoms with Crippen LogP contribution in [0.1, 0.15) is 61.8 Å². The van der Waals surface area contributed by atoms with Crippen molar-refractivity contribution < 1.29 is 8.83 Å². The van der Waals surface area contributed by atoms with E-state index in [9.17, 15) is 0 Å². The molecule has 6 heteroatoms. The fraction of sp³-hybridized carbons (Fsp3) is 0.148. The van der Waals surface area contributed by atoms with Gasteiger partial charge in [0.05, 0.1) is 0 Å². The van der Waals surface area contributed by atoms with Crippen molar-refractivity contribution in [2.75, 3.05) is 9.80 Å². The van der Waals surface area contributed by atoms with Crippen molar-refractivity contribution in [2.24, 2.45) is 11.5 Å². The van der Waals surface area contributed by atoms with Crippen LogP contribution in [0.15, 0.2) is 167 Å². The summed E-state index contributed by atoms with van der Waals surface area (Å²) in [4.78, 5) is 4.55. The maximum Gasteiger partial charge on any atom is 0.137 e. The molecule has 10 aromatic rings. The van der Waals surface area contributed by atoms with Gasteiger partial charge in [0.1, 0.15) is 22.3 Å². The SMILES string of the molecule is CC(C)c1ccc(N(c2ccc(CN)cc2)c2ccc3c(c2)oc2cc4cc5oc6cc(N(c7ccc(CN)cc7)c7ccc(C(C)C)cc7)ccc6c5cc4cc23)cc1. The maximum absolute atomic E-state index is 6.66. The number of benzene rings is 8. The Morgan fingerprint density at radius 2 is 0.683 bits per heavy atom. The number of nitrogens with zero attached hydrogens (tertiary/aromatic N) is 2. The highest BCUT2D eigenvalue weighted by Gasteiger charge is 2.19. The minimum Gasteiger partial charge on any atom is -0.456 e. The summed E-state index contributed by atoms with van der Waals surface area (Å²) in [6.07, 6.45) is 0. The molecule has 0 bridgehead atoms. The summed E-state index contributed by atoms with van der Waals surface area (Å²) < 4.78 is 13.3. The lowest BCUT2D eigenvalue weighted by Crippen LogP contribution is -2.10. The Bertz CT molecular complexity index is 2950. The molecule has 6 nitrogen and oxygen atoms in total. The predicted octanol–water partition coefficient (Wildman–Crippen LogP) is 14.7. The number of hydrogen-bond donors (Lipinski definition) is 2. The van der Waals surface area contributed by atoms with Gasteiger partial charge >= 0.3 is 0 Å². The number of hydrogen-bond acceptors (Lipinski definition) is 6. The highest BCUT2D eigenvalue weighted by molar-refractivity contribution is 6.15. The molecule has 0 aliphatic rings. The van der Waals surface area contributed by atoms with Crippen LogP contribution in [0.3, 0.4) is 0 Å². The summed E-state index contributed by atoms with van der Waals surface area (Å²) in [5.74, 6) is 0.906. The zero-order valence-corrected chi connectivity index (χ0v) is 34.4. The van der Waals surface area contributed by atoms with E-state index in [1.54, 1.807) is 0 Å². The number of rotatable bonds is 10. The van der Waals surface area contributed by atoms with Crippen LogP contribution < -0.4 is 21.3 Å². The van der Waals surface area contributed by atoms with Gasteiger partial charge in [0.15, 0.2) is 0 Å². The summed E-state index contributed by atoms with van der Waals surface area (Å²) in [7, 11) is 0. The topological polar surface area (TPSA) is 84.8 Å². The van der Waals surface area contributed by atoms with Crippen LogP contribution in [-0.2, 0) is 13.1 Å². The third-order valence-electron chi connectivity index (χ3n) is 12.0. The van der Waals surface area contributed by atoms with Crippen LogP contribution in [0.5, 0.6) is 0 Å². The zero-order valence-electron chi connectivity index (χ0n) is 34.4. The minimum atomic E-state index is 0.453. The average molecular weight is 785 g/mol. The third-order valence-corrected chi connectivity index (χ3v) is 12.0. The largest absolute Gasteiger partial charge is 0.456 e. The van der Waals surface area contributed by atoms with Crippen LogP contribution >= 0.6 is 0 Å². The molecule has 8 aromatic carbocycles. The Balaban J connectivity index is 1.04. The average Bonchev–Trinajstić information content (AvgIpc) is 3.81. The zero-order chi connectivity index (χ0) is 41.1. The van der Waals surface area contributed by atoms with Gasteiger partial charge in [-0.3, -0.25) is 0 Å². The summed E-state index contributed by atoms with van der Waals surface area (Å²) in [6, 6.07) is 56.4. The number of fused-ring (bicyclic) bond motifs is 7. The van der Waals surface area contributed by atoms with Gasteiger partial charge in [-0.1, -0.05) is 76.2 Å². The Kier molecular flexibility index (Phi) is 9.39. The molecule has 2 aromatic heterocycles. The fourth-order valence-corrected chi connectivity index (χ4v) is 8.52. The first kappa shape index (κ1) is 37.4. The second-order valence-electron chi connectivity index (χ2n) is 16.5. The molecule has 10 rings (SSSR count). The van der Waals surface area contributed by atoms with Gasteiger partial charge in [-0.25, -0.2) is 0 Å². The summed E-state index contributed by atoms with van der Waals surface area (Å²) >= 11 is 0. The van der Waals surface area contributed by atoms with Crippen LogP contribution in [0, 0.1) is 0 Å². The van der Waals surface area contributed by atoms with Gasteiger partial charge in [-0.15, -0.1) is 0 Å². The molecule has 0 atom stereocenters. The molecule has 0 amide bonds. The monoisotopic (exact) mass is 784 g/mol. The molecule has 60 heavy (non-hydrogen) atoms. The van der Waals surface area contributed by atoms with Crippen molar-refractivity contribution in [3.63, 3.8) is 0 Å². The lowest BCUT2D eigenvalue weighted by molar-refractivity contribution is 0.668. The van der Waals surface area contributed by atoms with Crippen LogP contribution in [0.4, 0.5) is 34.1 Å². The quantitative estimate of drug-likeness (QED) is 0.144. The van der Waals surface area contributed by atoms with E-state index < -0.39 is 0 Å². The van der Waals surface area contributed by atoms with Crippen molar-refractivity contribution in [1.82, 2.24) is 0 Å². The van der Waals surface area contributed by atoms with Crippen LogP contribution in [0.2, 0.25) is 0 Å². The Labute approximate surface area is 350 Å². The molecule has 0 aliphatic heterocycles. The van der Waals surface area contributed by atoms with Crippen molar-refractivity contribution in [1.29, 1.82) is 0 Å². The summed E-state index contributed by atoms with van der Waals surface area (Å²) in [5, 5.41) is 6.51. The van der Waals surface area contributed by atoms with Gasteiger partial charge in [-0.05, 0) is 142 Å². The van der Waals surface area contributed by atoms with Gasteiger partial charge < -0.3 is 30.1 Å². The van der Waals surface area contributed by atoms with Gasteiger partial charge in [0.2, 0.25) is 0 Å². The number of nitrogens with two attached hydrogens (primary N) is 2. The lowest BCUT2D eigenvalue weighted by Gasteiger charge is -2.26. The molecule has 296 valence electrons. The molecular weight excluding hydrogens is 737 g/mol. The third kappa shape index (κ3) is 6.64. The highest BCUT2D eigenvalue weighted by Crippen LogP contribution is 2.43. The van der Waals surface area contributed by atoms with Crippen molar-refractivity contribution in [3.8, 4) is 0 Å². The summed E-state index contributed by atoms with van der Waals surface area (Å²) in [6.45, 7) is 9.89. The number of anilines is 6. The first-order valence-electron chi connectivity index (χ1n) is 20.9. The predicted molar refractivity (Wildman–Crippen MR) is 252 cm³/mol. The Morgan fingerprint density at radius 3 is 1.03 bits per heavy atom. The Morgan fingerprint density at radius 1 is 0.367 bits per heavy atom. The molecule has 2 heterocycles. The molecule has 0 radical (unpaired) electrons. The maximum atomic E-state index is 6.66. The highest BCUT2D eigenvalue weighted by atomic mass is 16.3. The first-order chi connectivity index (χ1) is 29.2. The molecule has 0 fully saturated rings. The molecule has 0 spiro atoms. The van der Waals surface area contributed by atoms with E-state index in [4.69, 9.17) is 20.3 Å². The normalized spacial score (nSPS) is 11.9. The lowest BCUT2D eigenvalue weighted by atomic mass is 10.0. The molecule has 0 unspecified atom stereocenters. The van der Waals surface area contributed by atoms with E-state index in [0.717, 1.165) is 99.9 Å². The van der Waals surface area contributed by atoms with E-state index >= 15 is 0 Å². The molecule has 0 saturated heterocycles. The van der Waals surface area contributed by atoms with E-state index in [1.807, 2.05) is 0 Å². The van der Waals surface area contributed by atoms with E-state index in [2.05, 4.69) is 195 Å². The van der Waals surface area contributed by atoms with E-state index in [1.165, 1.54) is 11.1 Å². The summed E-state index contributed by atoms with van der Waals surface area (Å²) in [5.41, 5.74) is 26.4. The van der Waals surface area contributed by atoms with E-state index in [0.29, 0.717) is 24.9 Å². The van der Waals surface area contributed by atoms with Gasteiger partial charge in [0, 0.05) is 80.9 Å². The Hall–Kier alpha value is -6.86. The first-order valence-corrected chi connectivity index (χ1v) is 20.9. The molecule has 0 aliphatic carbocycles. The van der Waals surface area contributed by atoms with Crippen molar-refractivity contribution in [3.05, 3.63) is 180 Å². The van der Waals surface area contributed by atoms with Gasteiger partial charge in [-0.2, -0.15) is 0 Å². The molecule has 0 saturated carbocycles. The second-order valence-corrected chi connectivity index (χ2v) is 16.5. The van der Waals surface area contributed by atoms with Crippen molar-refractivity contribution in [2.45, 2.75) is 52.6 Å². The standard InChI is InChI=1S/C54H48N4O2/c1-33(2)37-9-17-43(18-10-37)57(41-13-5-35(31-55)6-14-41)45-21-23-47-49-25-39-26-50-48-24-22-46(30-54(48)60-52(50)28-40(39)27-51(49)59-53(47)29-45)58(42-15-7-36(32-56)8-16-42)44-19-11-38(12-20-44)34(3)4/h5-30,33-34H,31-32,55-56H2,1-4H3. The van der Waals surface area contributed by atoms with E-state index in [-0.39, 0.29) is 0 Å². The molecule has 4 N–H and O–H groups in total. The van der Waals surface area contributed by atoms with Crippen molar-refractivity contribution >= 4 is 88.8 Å². The van der Waals surface area contributed by atoms with Gasteiger partial charge in [0.25, 0.3) is 0 Å². The van der Waals surface area contributed by atoms with Crippen LogP contribution in [-0.4, -0.2) is 0 Å².